The molecule has 0 aromatic heterocycles. The average molecular weight is 323 g/mol. The van der Waals surface area contributed by atoms with Crippen molar-refractivity contribution in [1.29, 1.82) is 0 Å². The number of amides is 1. The summed E-state index contributed by atoms with van der Waals surface area (Å²) in [5.41, 5.74) is 0. The summed E-state index contributed by atoms with van der Waals surface area (Å²) in [6.07, 6.45) is 10.5. The molecule has 0 heterocycles. The van der Waals surface area contributed by atoms with E-state index in [1.165, 1.54) is 51.4 Å². The Morgan fingerprint density at radius 3 is 2.47 bits per heavy atom. The van der Waals surface area contributed by atoms with E-state index in [4.69, 9.17) is 0 Å². The minimum Gasteiger partial charge on any atom is -0.345 e. The molecular formula is C12H22INO. The lowest BCUT2D eigenvalue weighted by molar-refractivity contribution is 0.245. The van der Waals surface area contributed by atoms with Crippen LogP contribution in [-0.4, -0.2) is 9.96 Å². The van der Waals surface area contributed by atoms with E-state index < -0.39 is 0 Å². The second-order valence-corrected chi connectivity index (χ2v) is 5.61. The molecule has 88 valence electrons. The van der Waals surface area contributed by atoms with Crippen molar-refractivity contribution in [3.8, 4) is 0 Å². The van der Waals surface area contributed by atoms with Gasteiger partial charge in [0.05, 0.1) is 0 Å². The highest BCUT2D eigenvalue weighted by atomic mass is 127. The van der Waals surface area contributed by atoms with Gasteiger partial charge in [-0.25, -0.2) is 0 Å². The van der Waals surface area contributed by atoms with Gasteiger partial charge in [-0.05, 0) is 31.6 Å². The molecule has 1 N–H and O–H groups in total. The van der Waals surface area contributed by atoms with E-state index >= 15 is 0 Å². The average Bonchev–Trinajstić information content (AvgIpc) is 2.20. The molecule has 0 unspecified atom stereocenters. The quantitative estimate of drug-likeness (QED) is 0.348. The Hall–Kier alpha value is 0.200. The number of carbonyl (C=O) groups is 1. The van der Waals surface area contributed by atoms with Gasteiger partial charge in [-0.15, -0.1) is 0 Å². The van der Waals surface area contributed by atoms with Crippen LogP contribution in [0.5, 0.6) is 0 Å². The number of carbonyl (C=O) groups excluding carboxylic acids is 1. The van der Waals surface area contributed by atoms with Gasteiger partial charge in [-0.1, -0.05) is 32.6 Å². The van der Waals surface area contributed by atoms with Crippen molar-refractivity contribution in [3.05, 3.63) is 0 Å². The molecule has 1 fully saturated rings. The third kappa shape index (κ3) is 5.73. The molecule has 0 spiro atoms. The SMILES string of the molecule is CCCCCC1CCC(NC(=O)I)CC1. The van der Waals surface area contributed by atoms with E-state index in [1.807, 2.05) is 22.6 Å². The van der Waals surface area contributed by atoms with Crippen LogP contribution in [0.1, 0.15) is 58.3 Å². The Labute approximate surface area is 107 Å². The van der Waals surface area contributed by atoms with E-state index in [0.29, 0.717) is 6.04 Å². The standard InChI is InChI=1S/C12H22INO/c1-2-3-4-5-10-6-8-11(9-7-10)14-12(13)15/h10-11H,2-9H2,1H3,(H,14,15). The summed E-state index contributed by atoms with van der Waals surface area (Å²) < 4.78 is 0.0991. The molecule has 3 heteroatoms. The number of unbranched alkanes of at least 4 members (excludes halogenated alkanes) is 2. The molecule has 1 rings (SSSR count). The first-order chi connectivity index (χ1) is 7.22. The second-order valence-electron chi connectivity index (χ2n) is 4.63. The predicted molar refractivity (Wildman–Crippen MR) is 72.4 cm³/mol. The minimum atomic E-state index is 0.0991. The fourth-order valence-electron chi connectivity index (χ4n) is 2.44. The first-order valence-corrected chi connectivity index (χ1v) is 7.26. The van der Waals surface area contributed by atoms with Crippen LogP contribution < -0.4 is 5.32 Å². The molecule has 0 bridgehead atoms. The molecule has 1 saturated carbocycles. The largest absolute Gasteiger partial charge is 0.345 e. The molecule has 0 aliphatic heterocycles. The molecule has 1 amide bonds. The van der Waals surface area contributed by atoms with Gasteiger partial charge in [-0.2, -0.15) is 0 Å². The lowest BCUT2D eigenvalue weighted by Crippen LogP contribution is -2.34. The van der Waals surface area contributed by atoms with Crippen LogP contribution in [0.3, 0.4) is 0 Å². The Kier molecular flexibility index (Phi) is 6.61. The molecule has 0 atom stereocenters. The number of hydrogen-bond donors (Lipinski definition) is 1. The molecule has 0 saturated heterocycles. The highest BCUT2D eigenvalue weighted by Crippen LogP contribution is 2.28. The van der Waals surface area contributed by atoms with Crippen LogP contribution >= 0.6 is 22.6 Å². The normalized spacial score (nSPS) is 26.3. The molecule has 0 aromatic carbocycles. The smallest absolute Gasteiger partial charge is 0.280 e. The molecule has 1 aliphatic rings. The fraction of sp³-hybridized carbons (Fsp3) is 0.917. The van der Waals surface area contributed by atoms with Gasteiger partial charge in [-0.3, -0.25) is 4.79 Å². The summed E-state index contributed by atoms with van der Waals surface area (Å²) in [5, 5.41) is 3.02. The zero-order valence-electron chi connectivity index (χ0n) is 9.60. The summed E-state index contributed by atoms with van der Waals surface area (Å²) in [7, 11) is 0. The third-order valence-electron chi connectivity index (χ3n) is 3.38. The number of hydrogen-bond acceptors (Lipinski definition) is 1. The highest BCUT2D eigenvalue weighted by Gasteiger charge is 2.21. The number of rotatable bonds is 5. The van der Waals surface area contributed by atoms with Gasteiger partial charge in [0, 0.05) is 28.6 Å². The van der Waals surface area contributed by atoms with Crippen molar-refractivity contribution in [2.75, 3.05) is 0 Å². The summed E-state index contributed by atoms with van der Waals surface area (Å²) in [6.45, 7) is 2.26. The minimum absolute atomic E-state index is 0.0991. The molecule has 1 aliphatic carbocycles. The Morgan fingerprint density at radius 1 is 1.27 bits per heavy atom. The third-order valence-corrected chi connectivity index (χ3v) is 3.69. The first-order valence-electron chi connectivity index (χ1n) is 6.18. The van der Waals surface area contributed by atoms with Gasteiger partial charge in [0.1, 0.15) is 0 Å². The van der Waals surface area contributed by atoms with Crippen LogP contribution in [-0.2, 0) is 0 Å². The Morgan fingerprint density at radius 2 is 1.93 bits per heavy atom. The molecule has 0 aromatic rings. The van der Waals surface area contributed by atoms with Gasteiger partial charge in [0.25, 0.3) is 3.91 Å². The van der Waals surface area contributed by atoms with Crippen molar-refractivity contribution < 1.29 is 4.79 Å². The van der Waals surface area contributed by atoms with E-state index in [2.05, 4.69) is 12.2 Å². The monoisotopic (exact) mass is 323 g/mol. The maximum Gasteiger partial charge on any atom is 0.280 e. The van der Waals surface area contributed by atoms with Gasteiger partial charge >= 0.3 is 0 Å². The van der Waals surface area contributed by atoms with E-state index in [9.17, 15) is 4.79 Å². The van der Waals surface area contributed by atoms with Crippen molar-refractivity contribution in [2.45, 2.75) is 64.3 Å². The van der Waals surface area contributed by atoms with Gasteiger partial charge in [0.2, 0.25) is 0 Å². The lowest BCUT2D eigenvalue weighted by Gasteiger charge is -2.28. The highest BCUT2D eigenvalue weighted by molar-refractivity contribution is 14.1. The summed E-state index contributed by atoms with van der Waals surface area (Å²) in [5.74, 6) is 0.930. The molecule has 0 radical (unpaired) electrons. The van der Waals surface area contributed by atoms with Crippen molar-refractivity contribution in [1.82, 2.24) is 5.32 Å². The van der Waals surface area contributed by atoms with Crippen LogP contribution in [0.15, 0.2) is 0 Å². The summed E-state index contributed by atoms with van der Waals surface area (Å²) in [4.78, 5) is 10.9. The maximum absolute atomic E-state index is 10.9. The number of halogens is 1. The fourth-order valence-corrected chi connectivity index (χ4v) is 2.88. The van der Waals surface area contributed by atoms with Crippen LogP contribution in [0.2, 0.25) is 0 Å². The van der Waals surface area contributed by atoms with Crippen molar-refractivity contribution in [3.63, 3.8) is 0 Å². The van der Waals surface area contributed by atoms with E-state index in [-0.39, 0.29) is 3.91 Å². The van der Waals surface area contributed by atoms with Crippen molar-refractivity contribution >= 4 is 26.5 Å². The van der Waals surface area contributed by atoms with Crippen LogP contribution in [0.4, 0.5) is 4.79 Å². The lowest BCUT2D eigenvalue weighted by atomic mass is 9.83. The molecular weight excluding hydrogens is 301 g/mol. The molecule has 2 nitrogen and oxygen atoms in total. The zero-order valence-corrected chi connectivity index (χ0v) is 11.8. The Bertz CT molecular complexity index is 188. The number of nitrogens with one attached hydrogen (secondary N) is 1. The zero-order chi connectivity index (χ0) is 11.1. The maximum atomic E-state index is 10.9. The predicted octanol–water partition coefficient (Wildman–Crippen LogP) is 4.27. The van der Waals surface area contributed by atoms with E-state index in [0.717, 1.165) is 5.92 Å². The molecule has 15 heavy (non-hydrogen) atoms. The van der Waals surface area contributed by atoms with Crippen LogP contribution in [0, 0.1) is 5.92 Å². The van der Waals surface area contributed by atoms with Gasteiger partial charge in [0.15, 0.2) is 0 Å². The second kappa shape index (κ2) is 7.47. The first kappa shape index (κ1) is 13.3. The van der Waals surface area contributed by atoms with E-state index in [1.54, 1.807) is 0 Å². The summed E-state index contributed by atoms with van der Waals surface area (Å²) >= 11 is 1.83. The summed E-state index contributed by atoms with van der Waals surface area (Å²) in [6, 6.07) is 0.455. The topological polar surface area (TPSA) is 29.1 Å². The van der Waals surface area contributed by atoms with Gasteiger partial charge < -0.3 is 5.32 Å². The Balaban J connectivity index is 2.10. The van der Waals surface area contributed by atoms with Crippen molar-refractivity contribution in [2.24, 2.45) is 5.92 Å². The van der Waals surface area contributed by atoms with Crippen LogP contribution in [0.25, 0.3) is 0 Å².